The van der Waals surface area contributed by atoms with E-state index in [1.807, 2.05) is 30.3 Å². The Labute approximate surface area is 112 Å². The van der Waals surface area contributed by atoms with Gasteiger partial charge in [-0.25, -0.2) is 9.50 Å². The average Bonchev–Trinajstić information content (AvgIpc) is 2.81. The highest BCUT2D eigenvalue weighted by atomic mass is 79.9. The van der Waals surface area contributed by atoms with E-state index in [1.54, 1.807) is 10.7 Å². The molecule has 4 nitrogen and oxygen atoms in total. The predicted molar refractivity (Wildman–Crippen MR) is 70.8 cm³/mol. The van der Waals surface area contributed by atoms with Crippen LogP contribution in [0.3, 0.4) is 0 Å². The molecule has 2 heterocycles. The summed E-state index contributed by atoms with van der Waals surface area (Å²) in [5.74, 6) is 0. The van der Waals surface area contributed by atoms with Gasteiger partial charge in [0, 0.05) is 16.2 Å². The molecule has 5 heteroatoms. The fraction of sp³-hybridized carbons (Fsp3) is 0. The first-order chi connectivity index (χ1) is 8.79. The molecule has 86 valence electrons. The van der Waals surface area contributed by atoms with Gasteiger partial charge in [0.1, 0.15) is 11.6 Å². The highest BCUT2D eigenvalue weighted by Crippen LogP contribution is 2.23. The average molecular weight is 299 g/mol. The number of hydrogen-bond donors (Lipinski definition) is 0. The molecule has 0 radical (unpaired) electrons. The van der Waals surface area contributed by atoms with Gasteiger partial charge in [-0.1, -0.05) is 28.1 Å². The summed E-state index contributed by atoms with van der Waals surface area (Å²) >= 11 is 3.44. The maximum atomic E-state index is 8.98. The Balaban J connectivity index is 2.31. The smallest absolute Gasteiger partial charge is 0.173 e. The van der Waals surface area contributed by atoms with Crippen LogP contribution >= 0.6 is 15.9 Å². The molecular formula is C13H7BrN4. The monoisotopic (exact) mass is 298 g/mol. The van der Waals surface area contributed by atoms with Gasteiger partial charge in [-0.15, -0.1) is 0 Å². The maximum Gasteiger partial charge on any atom is 0.173 e. The molecule has 0 fully saturated rings. The zero-order valence-corrected chi connectivity index (χ0v) is 10.8. The van der Waals surface area contributed by atoms with Crippen molar-refractivity contribution in [1.82, 2.24) is 14.6 Å². The molecule has 3 aromatic rings. The standard InChI is InChI=1S/C13H7BrN4/c14-11-3-1-2-9(6-11)12-4-5-16-13-10(7-15)8-17-18(12)13/h1-6,8H. The van der Waals surface area contributed by atoms with Crippen molar-refractivity contribution >= 4 is 21.6 Å². The van der Waals surface area contributed by atoms with E-state index in [1.165, 1.54) is 6.20 Å². The van der Waals surface area contributed by atoms with Crippen LogP contribution in [-0.4, -0.2) is 14.6 Å². The summed E-state index contributed by atoms with van der Waals surface area (Å²) in [4.78, 5) is 4.19. The molecule has 18 heavy (non-hydrogen) atoms. The first kappa shape index (κ1) is 10.9. The molecule has 0 aliphatic rings. The molecule has 0 spiro atoms. The number of benzene rings is 1. The Morgan fingerprint density at radius 3 is 2.94 bits per heavy atom. The predicted octanol–water partition coefficient (Wildman–Crippen LogP) is 3.03. The van der Waals surface area contributed by atoms with Crippen LogP contribution in [0.25, 0.3) is 16.9 Å². The second-order valence-corrected chi connectivity index (χ2v) is 4.66. The lowest BCUT2D eigenvalue weighted by Crippen LogP contribution is -1.95. The van der Waals surface area contributed by atoms with Gasteiger partial charge < -0.3 is 0 Å². The van der Waals surface area contributed by atoms with E-state index in [0.717, 1.165) is 15.7 Å². The molecular weight excluding hydrogens is 292 g/mol. The fourth-order valence-corrected chi connectivity index (χ4v) is 2.24. The van der Waals surface area contributed by atoms with Crippen LogP contribution < -0.4 is 0 Å². The molecule has 0 aliphatic heterocycles. The van der Waals surface area contributed by atoms with Gasteiger partial charge in [-0.3, -0.25) is 0 Å². The number of aromatic nitrogens is 3. The first-order valence-electron chi connectivity index (χ1n) is 5.28. The van der Waals surface area contributed by atoms with E-state index in [0.29, 0.717) is 11.2 Å². The number of nitriles is 1. The maximum absolute atomic E-state index is 8.98. The molecule has 3 rings (SSSR count). The summed E-state index contributed by atoms with van der Waals surface area (Å²) in [6, 6.07) is 11.9. The third-order valence-electron chi connectivity index (χ3n) is 2.64. The van der Waals surface area contributed by atoms with E-state index < -0.39 is 0 Å². The van der Waals surface area contributed by atoms with Gasteiger partial charge in [0.15, 0.2) is 5.65 Å². The van der Waals surface area contributed by atoms with Gasteiger partial charge in [0.05, 0.1) is 11.9 Å². The van der Waals surface area contributed by atoms with Gasteiger partial charge in [-0.05, 0) is 18.2 Å². The lowest BCUT2D eigenvalue weighted by atomic mass is 10.1. The first-order valence-corrected chi connectivity index (χ1v) is 6.07. The van der Waals surface area contributed by atoms with Crippen molar-refractivity contribution in [2.45, 2.75) is 0 Å². The number of fused-ring (bicyclic) bond motifs is 1. The van der Waals surface area contributed by atoms with E-state index in [-0.39, 0.29) is 0 Å². The number of halogens is 1. The van der Waals surface area contributed by atoms with Gasteiger partial charge in [0.25, 0.3) is 0 Å². The third-order valence-corrected chi connectivity index (χ3v) is 3.14. The number of nitrogens with zero attached hydrogens (tertiary/aromatic N) is 4. The van der Waals surface area contributed by atoms with Crippen molar-refractivity contribution < 1.29 is 0 Å². The molecule has 0 saturated carbocycles. The van der Waals surface area contributed by atoms with Crippen molar-refractivity contribution in [3.05, 3.63) is 52.8 Å². The van der Waals surface area contributed by atoms with Crippen LogP contribution in [0.2, 0.25) is 0 Å². The lowest BCUT2D eigenvalue weighted by molar-refractivity contribution is 0.948. The van der Waals surface area contributed by atoms with Gasteiger partial charge >= 0.3 is 0 Å². The summed E-state index contributed by atoms with van der Waals surface area (Å²) in [6.07, 6.45) is 3.22. The van der Waals surface area contributed by atoms with Crippen molar-refractivity contribution in [1.29, 1.82) is 5.26 Å². The minimum Gasteiger partial charge on any atom is -0.236 e. The number of hydrogen-bond acceptors (Lipinski definition) is 3. The second-order valence-electron chi connectivity index (χ2n) is 3.75. The molecule has 0 aliphatic carbocycles. The molecule has 0 saturated heterocycles. The van der Waals surface area contributed by atoms with Crippen LogP contribution in [-0.2, 0) is 0 Å². The van der Waals surface area contributed by atoms with Crippen molar-refractivity contribution in [2.24, 2.45) is 0 Å². The van der Waals surface area contributed by atoms with Crippen LogP contribution in [0.5, 0.6) is 0 Å². The second kappa shape index (κ2) is 4.24. The number of rotatable bonds is 1. The molecule has 0 atom stereocenters. The van der Waals surface area contributed by atoms with Gasteiger partial charge in [-0.2, -0.15) is 10.4 Å². The van der Waals surface area contributed by atoms with Crippen LogP contribution in [0.1, 0.15) is 5.56 Å². The molecule has 0 amide bonds. The van der Waals surface area contributed by atoms with E-state index in [4.69, 9.17) is 5.26 Å². The van der Waals surface area contributed by atoms with Gasteiger partial charge in [0.2, 0.25) is 0 Å². The Morgan fingerprint density at radius 1 is 1.28 bits per heavy atom. The minimum atomic E-state index is 0.479. The Kier molecular flexibility index (Phi) is 2.58. The van der Waals surface area contributed by atoms with Crippen molar-refractivity contribution in [2.75, 3.05) is 0 Å². The summed E-state index contributed by atoms with van der Waals surface area (Å²) in [7, 11) is 0. The molecule has 2 aromatic heterocycles. The molecule has 0 unspecified atom stereocenters. The topological polar surface area (TPSA) is 54.0 Å². The zero-order chi connectivity index (χ0) is 12.5. The quantitative estimate of drug-likeness (QED) is 0.694. The molecule has 1 aromatic carbocycles. The van der Waals surface area contributed by atoms with Crippen molar-refractivity contribution in [3.63, 3.8) is 0 Å². The van der Waals surface area contributed by atoms with Crippen molar-refractivity contribution in [3.8, 4) is 17.3 Å². The SMILES string of the molecule is N#Cc1cnn2c(-c3cccc(Br)c3)ccnc12. The highest BCUT2D eigenvalue weighted by molar-refractivity contribution is 9.10. The van der Waals surface area contributed by atoms with Crippen LogP contribution in [0.4, 0.5) is 0 Å². The zero-order valence-electron chi connectivity index (χ0n) is 9.21. The highest BCUT2D eigenvalue weighted by Gasteiger charge is 2.09. The van der Waals surface area contributed by atoms with E-state index in [9.17, 15) is 0 Å². The van der Waals surface area contributed by atoms with Crippen LogP contribution in [0.15, 0.2) is 47.2 Å². The summed E-state index contributed by atoms with van der Waals surface area (Å²) in [5.41, 5.74) is 2.98. The minimum absolute atomic E-state index is 0.479. The molecule has 0 N–H and O–H groups in total. The molecule has 0 bridgehead atoms. The fourth-order valence-electron chi connectivity index (χ4n) is 1.84. The third kappa shape index (κ3) is 1.67. The van der Waals surface area contributed by atoms with E-state index in [2.05, 4.69) is 32.1 Å². The van der Waals surface area contributed by atoms with Crippen LogP contribution in [0, 0.1) is 11.3 Å². The summed E-state index contributed by atoms with van der Waals surface area (Å²) in [5, 5.41) is 13.2. The Morgan fingerprint density at radius 2 is 2.17 bits per heavy atom. The normalized spacial score (nSPS) is 10.4. The summed E-state index contributed by atoms with van der Waals surface area (Å²) in [6.45, 7) is 0. The lowest BCUT2D eigenvalue weighted by Gasteiger charge is -2.04. The Bertz CT molecular complexity index is 770. The Hall–Kier alpha value is -2.19. The summed E-state index contributed by atoms with van der Waals surface area (Å²) < 4.78 is 2.68. The largest absolute Gasteiger partial charge is 0.236 e. The van der Waals surface area contributed by atoms with E-state index >= 15 is 0 Å².